The molecule has 1 atom stereocenters. The zero-order chi connectivity index (χ0) is 14.7. The Morgan fingerprint density at radius 3 is 2.55 bits per heavy atom. The molecule has 0 aliphatic rings. The summed E-state index contributed by atoms with van der Waals surface area (Å²) in [5.74, 6) is 1.46. The Kier molecular flexibility index (Phi) is 5.00. The Morgan fingerprint density at radius 1 is 1.25 bits per heavy atom. The van der Waals surface area contributed by atoms with E-state index in [0.29, 0.717) is 5.56 Å². The van der Waals surface area contributed by atoms with Crippen molar-refractivity contribution in [2.75, 3.05) is 6.54 Å². The van der Waals surface area contributed by atoms with Crippen molar-refractivity contribution in [2.24, 2.45) is 0 Å². The van der Waals surface area contributed by atoms with Crippen LogP contribution in [0.1, 0.15) is 42.0 Å². The summed E-state index contributed by atoms with van der Waals surface area (Å²) < 4.78 is 20.6. The van der Waals surface area contributed by atoms with Gasteiger partial charge < -0.3 is 9.73 Å². The summed E-state index contributed by atoms with van der Waals surface area (Å²) in [6, 6.07) is 6.97. The van der Waals surface area contributed by atoms with Crippen LogP contribution in [-0.2, 0) is 0 Å². The van der Waals surface area contributed by atoms with Crippen LogP contribution >= 0.6 is 15.9 Å². The molecule has 0 saturated heterocycles. The van der Waals surface area contributed by atoms with Gasteiger partial charge in [-0.05, 0) is 45.0 Å². The maximum Gasteiger partial charge on any atom is 0.129 e. The Labute approximate surface area is 127 Å². The van der Waals surface area contributed by atoms with E-state index >= 15 is 0 Å². The standard InChI is InChI=1S/C16H19BrFNO/c1-4-7-19-16(14-8-10(2)20-11(14)3)13-6-5-12(17)9-15(13)18/h5-6,8-9,16,19H,4,7H2,1-3H3. The number of furan rings is 1. The zero-order valence-electron chi connectivity index (χ0n) is 12.0. The van der Waals surface area contributed by atoms with E-state index in [4.69, 9.17) is 4.42 Å². The molecule has 108 valence electrons. The third kappa shape index (κ3) is 3.30. The van der Waals surface area contributed by atoms with E-state index in [1.165, 1.54) is 6.07 Å². The largest absolute Gasteiger partial charge is 0.466 e. The van der Waals surface area contributed by atoms with Crippen molar-refractivity contribution in [2.45, 2.75) is 33.2 Å². The minimum Gasteiger partial charge on any atom is -0.466 e. The molecule has 0 bridgehead atoms. The van der Waals surface area contributed by atoms with E-state index in [1.54, 1.807) is 0 Å². The van der Waals surface area contributed by atoms with E-state index in [0.717, 1.165) is 34.5 Å². The molecule has 1 N–H and O–H groups in total. The van der Waals surface area contributed by atoms with E-state index in [9.17, 15) is 4.39 Å². The van der Waals surface area contributed by atoms with Crippen molar-refractivity contribution in [3.8, 4) is 0 Å². The molecular formula is C16H19BrFNO. The van der Waals surface area contributed by atoms with Crippen LogP contribution in [0.5, 0.6) is 0 Å². The summed E-state index contributed by atoms with van der Waals surface area (Å²) in [6.45, 7) is 6.74. The molecule has 1 aromatic heterocycles. The molecule has 1 heterocycles. The molecule has 0 saturated carbocycles. The lowest BCUT2D eigenvalue weighted by Crippen LogP contribution is -2.24. The van der Waals surface area contributed by atoms with E-state index in [1.807, 2.05) is 32.0 Å². The van der Waals surface area contributed by atoms with E-state index < -0.39 is 0 Å². The quantitative estimate of drug-likeness (QED) is 0.839. The maximum absolute atomic E-state index is 14.3. The van der Waals surface area contributed by atoms with Gasteiger partial charge in [0.15, 0.2) is 0 Å². The summed E-state index contributed by atoms with van der Waals surface area (Å²) in [5, 5.41) is 3.40. The fourth-order valence-electron chi connectivity index (χ4n) is 2.35. The lowest BCUT2D eigenvalue weighted by atomic mass is 9.98. The zero-order valence-corrected chi connectivity index (χ0v) is 13.6. The van der Waals surface area contributed by atoms with Gasteiger partial charge in [0.25, 0.3) is 0 Å². The molecule has 0 aliphatic heterocycles. The minimum absolute atomic E-state index is 0.180. The molecular weight excluding hydrogens is 321 g/mol. The Balaban J connectivity index is 2.44. The first-order valence-corrected chi connectivity index (χ1v) is 7.57. The highest BCUT2D eigenvalue weighted by Crippen LogP contribution is 2.30. The van der Waals surface area contributed by atoms with E-state index in [-0.39, 0.29) is 11.9 Å². The second-order valence-electron chi connectivity index (χ2n) is 4.92. The smallest absolute Gasteiger partial charge is 0.129 e. The van der Waals surface area contributed by atoms with Crippen molar-refractivity contribution >= 4 is 15.9 Å². The average molecular weight is 340 g/mol. The second kappa shape index (κ2) is 6.55. The highest BCUT2D eigenvalue weighted by Gasteiger charge is 2.21. The number of aryl methyl sites for hydroxylation is 2. The maximum atomic E-state index is 14.3. The Hall–Kier alpha value is -1.13. The molecule has 0 aliphatic carbocycles. The van der Waals surface area contributed by atoms with Gasteiger partial charge in [0.1, 0.15) is 17.3 Å². The summed E-state index contributed by atoms with van der Waals surface area (Å²) in [7, 11) is 0. The van der Waals surface area contributed by atoms with Gasteiger partial charge in [-0.2, -0.15) is 0 Å². The topological polar surface area (TPSA) is 25.2 Å². The van der Waals surface area contributed by atoms with E-state index in [2.05, 4.69) is 28.2 Å². The first kappa shape index (κ1) is 15.3. The van der Waals surface area contributed by atoms with Crippen LogP contribution in [0.25, 0.3) is 0 Å². The van der Waals surface area contributed by atoms with Gasteiger partial charge in [0.2, 0.25) is 0 Å². The lowest BCUT2D eigenvalue weighted by molar-refractivity contribution is 0.490. The molecule has 0 fully saturated rings. The van der Waals surface area contributed by atoms with Crippen molar-refractivity contribution in [3.63, 3.8) is 0 Å². The third-order valence-electron chi connectivity index (χ3n) is 3.26. The highest BCUT2D eigenvalue weighted by atomic mass is 79.9. The predicted molar refractivity (Wildman–Crippen MR) is 82.4 cm³/mol. The number of hydrogen-bond acceptors (Lipinski definition) is 2. The number of halogens is 2. The van der Waals surface area contributed by atoms with Crippen LogP contribution in [0.3, 0.4) is 0 Å². The lowest BCUT2D eigenvalue weighted by Gasteiger charge is -2.19. The van der Waals surface area contributed by atoms with Gasteiger partial charge >= 0.3 is 0 Å². The molecule has 20 heavy (non-hydrogen) atoms. The summed E-state index contributed by atoms with van der Waals surface area (Å²) >= 11 is 3.29. The number of rotatable bonds is 5. The normalized spacial score (nSPS) is 12.7. The minimum atomic E-state index is -0.216. The molecule has 2 aromatic rings. The van der Waals surface area contributed by atoms with Crippen LogP contribution in [-0.4, -0.2) is 6.54 Å². The molecule has 4 heteroatoms. The van der Waals surface area contributed by atoms with Gasteiger partial charge in [-0.15, -0.1) is 0 Å². The summed E-state index contributed by atoms with van der Waals surface area (Å²) in [4.78, 5) is 0. The van der Waals surface area contributed by atoms with Crippen LogP contribution in [0, 0.1) is 19.7 Å². The fraction of sp³-hybridized carbons (Fsp3) is 0.375. The molecule has 1 aromatic carbocycles. The van der Waals surface area contributed by atoms with Crippen LogP contribution < -0.4 is 5.32 Å². The van der Waals surface area contributed by atoms with Gasteiger partial charge in [-0.1, -0.05) is 28.9 Å². The average Bonchev–Trinajstić information content (AvgIpc) is 2.71. The summed E-state index contributed by atoms with van der Waals surface area (Å²) in [6.07, 6.45) is 0.991. The molecule has 2 nitrogen and oxygen atoms in total. The van der Waals surface area contributed by atoms with Crippen molar-refractivity contribution < 1.29 is 8.81 Å². The van der Waals surface area contributed by atoms with Crippen molar-refractivity contribution in [1.29, 1.82) is 0 Å². The second-order valence-corrected chi connectivity index (χ2v) is 5.84. The fourth-order valence-corrected chi connectivity index (χ4v) is 2.68. The molecule has 2 rings (SSSR count). The third-order valence-corrected chi connectivity index (χ3v) is 3.76. The van der Waals surface area contributed by atoms with Crippen LogP contribution in [0.2, 0.25) is 0 Å². The van der Waals surface area contributed by atoms with Crippen molar-refractivity contribution in [1.82, 2.24) is 5.32 Å². The first-order chi connectivity index (χ1) is 9.52. The number of nitrogens with one attached hydrogen (secondary N) is 1. The Bertz CT molecular complexity index is 594. The Morgan fingerprint density at radius 2 is 2.00 bits per heavy atom. The van der Waals surface area contributed by atoms with Gasteiger partial charge in [0, 0.05) is 15.6 Å². The predicted octanol–water partition coefficient (Wildman–Crippen LogP) is 4.89. The van der Waals surface area contributed by atoms with Gasteiger partial charge in [0.05, 0.1) is 6.04 Å². The molecule has 0 radical (unpaired) electrons. The molecule has 0 spiro atoms. The monoisotopic (exact) mass is 339 g/mol. The SMILES string of the molecule is CCCNC(c1ccc(Br)cc1F)c1cc(C)oc1C. The first-order valence-electron chi connectivity index (χ1n) is 6.78. The number of benzene rings is 1. The molecule has 0 amide bonds. The number of hydrogen-bond donors (Lipinski definition) is 1. The van der Waals surface area contributed by atoms with Crippen LogP contribution in [0.15, 0.2) is 33.2 Å². The van der Waals surface area contributed by atoms with Gasteiger partial charge in [-0.3, -0.25) is 0 Å². The highest BCUT2D eigenvalue weighted by molar-refractivity contribution is 9.10. The van der Waals surface area contributed by atoms with Crippen LogP contribution in [0.4, 0.5) is 4.39 Å². The van der Waals surface area contributed by atoms with Gasteiger partial charge in [-0.25, -0.2) is 4.39 Å². The summed E-state index contributed by atoms with van der Waals surface area (Å²) in [5.41, 5.74) is 1.64. The molecule has 1 unspecified atom stereocenters. The van der Waals surface area contributed by atoms with Crippen molar-refractivity contribution in [3.05, 3.63) is 57.2 Å².